The molecular weight excluding hydrogens is 359 g/mol. The molecule has 7 heteroatoms. The van der Waals surface area contributed by atoms with E-state index >= 15 is 0 Å². The number of aromatic nitrogens is 2. The maximum Gasteiger partial charge on any atom is 0.149 e. The molecule has 1 aliphatic heterocycles. The largest absolute Gasteiger partial charge is 0.379 e. The highest BCUT2D eigenvalue weighted by molar-refractivity contribution is 5.85. The van der Waals surface area contributed by atoms with Crippen LogP contribution >= 0.6 is 24.8 Å². The number of nitrogens with zero attached hydrogens (tertiary/aromatic N) is 3. The van der Waals surface area contributed by atoms with Gasteiger partial charge in [0, 0.05) is 31.7 Å². The summed E-state index contributed by atoms with van der Waals surface area (Å²) in [6.45, 7) is 5.65. The average molecular weight is 383 g/mol. The number of morpholine rings is 1. The van der Waals surface area contributed by atoms with Crippen molar-refractivity contribution in [1.82, 2.24) is 15.1 Å². The fourth-order valence-electron chi connectivity index (χ4n) is 3.34. The van der Waals surface area contributed by atoms with Crippen molar-refractivity contribution in [2.45, 2.75) is 12.8 Å². The summed E-state index contributed by atoms with van der Waals surface area (Å²) in [6, 6.07) is 10.7. The Morgan fingerprint density at radius 2 is 1.76 bits per heavy atom. The minimum absolute atomic E-state index is 0. The zero-order valence-corrected chi connectivity index (χ0v) is 15.7. The van der Waals surface area contributed by atoms with Crippen LogP contribution in [0.25, 0.3) is 11.3 Å². The summed E-state index contributed by atoms with van der Waals surface area (Å²) in [6.07, 6.45) is 2.13. The predicted molar refractivity (Wildman–Crippen MR) is 105 cm³/mol. The lowest BCUT2D eigenvalue weighted by molar-refractivity contribution is 0.0398. The van der Waals surface area contributed by atoms with Gasteiger partial charge in [-0.2, -0.15) is 0 Å². The first-order valence-electron chi connectivity index (χ1n) is 8.39. The standard InChI is InChI=1S/C18H22N4O.2ClH/c1-2-4-16-14(3-1)5-6-15-13-17(20-21-18(15)16)19-7-8-22-9-11-23-12-10-22;;/h1-4,13H,5-12H2,(H,19,20);2*1H. The third-order valence-corrected chi connectivity index (χ3v) is 4.65. The van der Waals surface area contributed by atoms with Crippen molar-refractivity contribution in [3.05, 3.63) is 41.5 Å². The Hall–Kier alpha value is -1.40. The molecule has 136 valence electrons. The molecule has 0 spiro atoms. The van der Waals surface area contributed by atoms with E-state index < -0.39 is 0 Å². The van der Waals surface area contributed by atoms with Crippen LogP contribution in [0.4, 0.5) is 5.82 Å². The molecule has 4 rings (SSSR count). The molecule has 1 fully saturated rings. The summed E-state index contributed by atoms with van der Waals surface area (Å²) in [5.74, 6) is 0.886. The van der Waals surface area contributed by atoms with Gasteiger partial charge in [0.1, 0.15) is 5.82 Å². The number of rotatable bonds is 4. The molecular formula is C18H24Cl2N4O. The Morgan fingerprint density at radius 3 is 2.60 bits per heavy atom. The summed E-state index contributed by atoms with van der Waals surface area (Å²) in [4.78, 5) is 2.42. The molecule has 5 nitrogen and oxygen atoms in total. The van der Waals surface area contributed by atoms with Gasteiger partial charge in [0.15, 0.2) is 0 Å². The third kappa shape index (κ3) is 4.61. The first-order chi connectivity index (χ1) is 11.4. The fourth-order valence-corrected chi connectivity index (χ4v) is 3.34. The van der Waals surface area contributed by atoms with Gasteiger partial charge in [0.25, 0.3) is 0 Å². The van der Waals surface area contributed by atoms with Crippen molar-refractivity contribution in [1.29, 1.82) is 0 Å². The number of ether oxygens (including phenoxy) is 1. The molecule has 25 heavy (non-hydrogen) atoms. The first kappa shape index (κ1) is 19.9. The highest BCUT2D eigenvalue weighted by Crippen LogP contribution is 2.31. The average Bonchev–Trinajstić information content (AvgIpc) is 2.62. The summed E-state index contributed by atoms with van der Waals surface area (Å²) < 4.78 is 5.37. The minimum Gasteiger partial charge on any atom is -0.379 e. The van der Waals surface area contributed by atoms with E-state index in [4.69, 9.17) is 4.74 Å². The van der Waals surface area contributed by atoms with E-state index in [1.54, 1.807) is 0 Å². The molecule has 0 amide bonds. The van der Waals surface area contributed by atoms with E-state index in [2.05, 4.69) is 50.7 Å². The third-order valence-electron chi connectivity index (χ3n) is 4.65. The summed E-state index contributed by atoms with van der Waals surface area (Å²) >= 11 is 0. The second kappa shape index (κ2) is 9.34. The van der Waals surface area contributed by atoms with Crippen molar-refractivity contribution in [2.75, 3.05) is 44.7 Å². The number of anilines is 1. The van der Waals surface area contributed by atoms with E-state index in [9.17, 15) is 0 Å². The van der Waals surface area contributed by atoms with Crippen molar-refractivity contribution >= 4 is 30.6 Å². The molecule has 1 N–H and O–H groups in total. The molecule has 1 aliphatic carbocycles. The van der Waals surface area contributed by atoms with Gasteiger partial charge in [0.05, 0.1) is 18.9 Å². The van der Waals surface area contributed by atoms with E-state index in [0.717, 1.165) is 63.7 Å². The SMILES string of the molecule is Cl.Cl.c1ccc2c(c1)CCc1cc(NCCN3CCOCC3)nnc1-2. The lowest BCUT2D eigenvalue weighted by Gasteiger charge is -2.26. The lowest BCUT2D eigenvalue weighted by atomic mass is 9.89. The molecule has 0 saturated carbocycles. The number of hydrogen-bond acceptors (Lipinski definition) is 5. The molecule has 2 aromatic rings. The Morgan fingerprint density at radius 1 is 1.00 bits per heavy atom. The molecule has 0 bridgehead atoms. The minimum atomic E-state index is 0. The van der Waals surface area contributed by atoms with Gasteiger partial charge in [0.2, 0.25) is 0 Å². The van der Waals surface area contributed by atoms with E-state index in [1.807, 2.05) is 0 Å². The molecule has 0 unspecified atom stereocenters. The van der Waals surface area contributed by atoms with Crippen molar-refractivity contribution in [2.24, 2.45) is 0 Å². The predicted octanol–water partition coefficient (Wildman–Crippen LogP) is 2.83. The Kier molecular flexibility index (Phi) is 7.44. The van der Waals surface area contributed by atoms with Crippen LogP contribution in [0.5, 0.6) is 0 Å². The van der Waals surface area contributed by atoms with Gasteiger partial charge in [-0.05, 0) is 30.0 Å². The summed E-state index contributed by atoms with van der Waals surface area (Å²) in [5.41, 5.74) is 4.96. The molecule has 1 aromatic carbocycles. The smallest absolute Gasteiger partial charge is 0.149 e. The maximum absolute atomic E-state index is 5.37. The van der Waals surface area contributed by atoms with Crippen molar-refractivity contribution < 1.29 is 4.74 Å². The van der Waals surface area contributed by atoms with Crippen molar-refractivity contribution in [3.8, 4) is 11.3 Å². The molecule has 1 saturated heterocycles. The number of aryl methyl sites for hydroxylation is 2. The van der Waals surface area contributed by atoms with Gasteiger partial charge in [-0.3, -0.25) is 4.90 Å². The number of hydrogen-bond donors (Lipinski definition) is 1. The Labute approximate surface area is 161 Å². The number of fused-ring (bicyclic) bond motifs is 3. The molecule has 2 aliphatic rings. The summed E-state index contributed by atoms with van der Waals surface area (Å²) in [5, 5.41) is 12.3. The van der Waals surface area contributed by atoms with Gasteiger partial charge in [-0.1, -0.05) is 24.3 Å². The zero-order valence-electron chi connectivity index (χ0n) is 14.1. The quantitative estimate of drug-likeness (QED) is 0.880. The highest BCUT2D eigenvalue weighted by atomic mass is 35.5. The van der Waals surface area contributed by atoms with Crippen LogP contribution < -0.4 is 5.32 Å². The second-order valence-electron chi connectivity index (χ2n) is 6.14. The summed E-state index contributed by atoms with van der Waals surface area (Å²) in [7, 11) is 0. The van der Waals surface area contributed by atoms with Gasteiger partial charge in [-0.25, -0.2) is 0 Å². The van der Waals surface area contributed by atoms with Gasteiger partial charge < -0.3 is 10.1 Å². The maximum atomic E-state index is 5.37. The van der Waals surface area contributed by atoms with Crippen LogP contribution in [-0.2, 0) is 17.6 Å². The van der Waals surface area contributed by atoms with Crippen LogP contribution in [0.3, 0.4) is 0 Å². The number of halogens is 2. The van der Waals surface area contributed by atoms with Gasteiger partial charge >= 0.3 is 0 Å². The van der Waals surface area contributed by atoms with E-state index in [1.165, 1.54) is 16.7 Å². The van der Waals surface area contributed by atoms with E-state index in [0.29, 0.717) is 0 Å². The van der Waals surface area contributed by atoms with Gasteiger partial charge in [-0.15, -0.1) is 35.0 Å². The zero-order chi connectivity index (χ0) is 15.5. The molecule has 0 atom stereocenters. The lowest BCUT2D eigenvalue weighted by Crippen LogP contribution is -2.39. The van der Waals surface area contributed by atoms with Crippen LogP contribution in [-0.4, -0.2) is 54.5 Å². The van der Waals surface area contributed by atoms with Crippen LogP contribution in [0.2, 0.25) is 0 Å². The molecule has 1 aromatic heterocycles. The molecule has 0 radical (unpaired) electrons. The number of nitrogens with one attached hydrogen (secondary N) is 1. The topological polar surface area (TPSA) is 50.3 Å². The van der Waals surface area contributed by atoms with Crippen LogP contribution in [0.1, 0.15) is 11.1 Å². The van der Waals surface area contributed by atoms with Crippen molar-refractivity contribution in [3.63, 3.8) is 0 Å². The normalized spacial score (nSPS) is 16.0. The molecule has 2 heterocycles. The highest BCUT2D eigenvalue weighted by Gasteiger charge is 2.18. The first-order valence-corrected chi connectivity index (χ1v) is 8.39. The van der Waals surface area contributed by atoms with E-state index in [-0.39, 0.29) is 24.8 Å². The monoisotopic (exact) mass is 382 g/mol. The fraction of sp³-hybridized carbons (Fsp3) is 0.444. The number of benzene rings is 1. The Bertz CT molecular complexity index is 693. The second-order valence-corrected chi connectivity index (χ2v) is 6.14. The van der Waals surface area contributed by atoms with Crippen LogP contribution in [0.15, 0.2) is 30.3 Å². The Balaban J connectivity index is 0.00000113. The van der Waals surface area contributed by atoms with Crippen LogP contribution in [0, 0.1) is 0 Å².